The molecule has 0 saturated heterocycles. The van der Waals surface area contributed by atoms with Crippen molar-refractivity contribution >= 4 is 17.3 Å². The van der Waals surface area contributed by atoms with Crippen LogP contribution in [0.2, 0.25) is 0 Å². The lowest BCUT2D eigenvalue weighted by Crippen LogP contribution is -2.23. The lowest BCUT2D eigenvalue weighted by molar-refractivity contribution is 0.0946. The van der Waals surface area contributed by atoms with Crippen molar-refractivity contribution in [1.82, 2.24) is 15.3 Å². The summed E-state index contributed by atoms with van der Waals surface area (Å²) in [6, 6.07) is 14.8. The van der Waals surface area contributed by atoms with Crippen molar-refractivity contribution in [3.63, 3.8) is 0 Å². The van der Waals surface area contributed by atoms with Gasteiger partial charge in [0, 0.05) is 36.5 Å². The Morgan fingerprint density at radius 2 is 1.92 bits per heavy atom. The predicted octanol–water partition coefficient (Wildman–Crippen LogP) is 3.16. The summed E-state index contributed by atoms with van der Waals surface area (Å²) in [7, 11) is 1.63. The van der Waals surface area contributed by atoms with Gasteiger partial charge < -0.3 is 15.4 Å². The van der Waals surface area contributed by atoms with Crippen molar-refractivity contribution in [3.8, 4) is 5.75 Å². The maximum atomic E-state index is 12.3. The first-order chi connectivity index (χ1) is 12.2. The summed E-state index contributed by atoms with van der Waals surface area (Å²) in [6.45, 7) is 0.407. The SMILES string of the molecule is COc1ccc(Nc2ccnc(C(=O)NCc3cccnc3)c2)cc1. The molecule has 0 fully saturated rings. The summed E-state index contributed by atoms with van der Waals surface area (Å²) < 4.78 is 5.14. The van der Waals surface area contributed by atoms with Gasteiger partial charge in [-0.25, -0.2) is 0 Å². The van der Waals surface area contributed by atoms with Gasteiger partial charge in [0.2, 0.25) is 0 Å². The molecule has 3 rings (SSSR count). The second-order valence-electron chi connectivity index (χ2n) is 5.33. The Morgan fingerprint density at radius 3 is 2.64 bits per heavy atom. The summed E-state index contributed by atoms with van der Waals surface area (Å²) in [6.07, 6.45) is 5.02. The van der Waals surface area contributed by atoms with Gasteiger partial charge in [0.15, 0.2) is 0 Å². The van der Waals surface area contributed by atoms with Gasteiger partial charge in [-0.2, -0.15) is 0 Å². The van der Waals surface area contributed by atoms with Crippen LogP contribution in [0.1, 0.15) is 16.1 Å². The van der Waals surface area contributed by atoms with E-state index in [-0.39, 0.29) is 5.91 Å². The zero-order chi connectivity index (χ0) is 17.5. The van der Waals surface area contributed by atoms with E-state index in [1.54, 1.807) is 31.8 Å². The number of amides is 1. The fraction of sp³-hybridized carbons (Fsp3) is 0.105. The number of hydrogen-bond acceptors (Lipinski definition) is 5. The number of ether oxygens (including phenoxy) is 1. The molecule has 0 spiro atoms. The van der Waals surface area contributed by atoms with E-state index in [9.17, 15) is 4.79 Å². The third-order valence-corrected chi connectivity index (χ3v) is 3.55. The zero-order valence-electron chi connectivity index (χ0n) is 13.8. The van der Waals surface area contributed by atoms with Crippen LogP contribution < -0.4 is 15.4 Å². The number of benzene rings is 1. The highest BCUT2D eigenvalue weighted by molar-refractivity contribution is 5.93. The van der Waals surface area contributed by atoms with Crippen LogP contribution in [-0.2, 0) is 6.54 Å². The lowest BCUT2D eigenvalue weighted by Gasteiger charge is -2.09. The van der Waals surface area contributed by atoms with E-state index in [2.05, 4.69) is 20.6 Å². The first-order valence-corrected chi connectivity index (χ1v) is 7.79. The molecule has 0 unspecified atom stereocenters. The molecule has 1 aromatic carbocycles. The molecule has 1 amide bonds. The third kappa shape index (κ3) is 4.54. The van der Waals surface area contributed by atoms with Gasteiger partial charge in [0.25, 0.3) is 5.91 Å². The van der Waals surface area contributed by atoms with E-state index in [0.29, 0.717) is 12.2 Å². The number of methoxy groups -OCH3 is 1. The predicted molar refractivity (Wildman–Crippen MR) is 95.9 cm³/mol. The molecule has 0 radical (unpaired) electrons. The zero-order valence-corrected chi connectivity index (χ0v) is 13.8. The van der Waals surface area contributed by atoms with Crippen molar-refractivity contribution in [1.29, 1.82) is 0 Å². The molecular weight excluding hydrogens is 316 g/mol. The molecule has 0 aliphatic carbocycles. The van der Waals surface area contributed by atoms with Gasteiger partial charge in [-0.15, -0.1) is 0 Å². The van der Waals surface area contributed by atoms with Crippen LogP contribution in [-0.4, -0.2) is 23.0 Å². The van der Waals surface area contributed by atoms with Gasteiger partial charge in [-0.1, -0.05) is 6.07 Å². The maximum Gasteiger partial charge on any atom is 0.270 e. The van der Waals surface area contributed by atoms with E-state index in [4.69, 9.17) is 4.74 Å². The molecule has 2 N–H and O–H groups in total. The number of nitrogens with one attached hydrogen (secondary N) is 2. The first-order valence-electron chi connectivity index (χ1n) is 7.79. The van der Waals surface area contributed by atoms with Crippen LogP contribution in [0.15, 0.2) is 67.1 Å². The van der Waals surface area contributed by atoms with Crippen LogP contribution in [0.3, 0.4) is 0 Å². The highest BCUT2D eigenvalue weighted by Crippen LogP contribution is 2.20. The molecule has 25 heavy (non-hydrogen) atoms. The second-order valence-corrected chi connectivity index (χ2v) is 5.33. The normalized spacial score (nSPS) is 10.1. The number of rotatable bonds is 6. The smallest absolute Gasteiger partial charge is 0.270 e. The highest BCUT2D eigenvalue weighted by Gasteiger charge is 2.08. The van der Waals surface area contributed by atoms with Crippen molar-refractivity contribution in [2.24, 2.45) is 0 Å². The van der Waals surface area contributed by atoms with E-state index in [0.717, 1.165) is 22.7 Å². The highest BCUT2D eigenvalue weighted by atomic mass is 16.5. The third-order valence-electron chi connectivity index (χ3n) is 3.55. The van der Waals surface area contributed by atoms with E-state index >= 15 is 0 Å². The van der Waals surface area contributed by atoms with Crippen molar-refractivity contribution in [3.05, 3.63) is 78.4 Å². The van der Waals surface area contributed by atoms with Crippen molar-refractivity contribution in [2.75, 3.05) is 12.4 Å². The number of carbonyl (C=O) groups is 1. The van der Waals surface area contributed by atoms with Crippen LogP contribution in [0.25, 0.3) is 0 Å². The average Bonchev–Trinajstić information content (AvgIpc) is 2.68. The monoisotopic (exact) mass is 334 g/mol. The molecule has 2 heterocycles. The molecule has 126 valence electrons. The van der Waals surface area contributed by atoms with E-state index in [1.807, 2.05) is 42.5 Å². The van der Waals surface area contributed by atoms with Crippen LogP contribution >= 0.6 is 0 Å². The number of pyridine rings is 2. The summed E-state index contributed by atoms with van der Waals surface area (Å²) in [5, 5.41) is 6.07. The number of aromatic nitrogens is 2. The van der Waals surface area contributed by atoms with E-state index < -0.39 is 0 Å². The molecule has 0 aliphatic heterocycles. The Hall–Kier alpha value is -3.41. The molecule has 6 nitrogen and oxygen atoms in total. The van der Waals surface area contributed by atoms with Crippen molar-refractivity contribution in [2.45, 2.75) is 6.54 Å². The largest absolute Gasteiger partial charge is 0.497 e. The maximum absolute atomic E-state index is 12.3. The summed E-state index contributed by atoms with van der Waals surface area (Å²) in [4.78, 5) is 20.4. The quantitative estimate of drug-likeness (QED) is 0.724. The minimum Gasteiger partial charge on any atom is -0.497 e. The Bertz CT molecular complexity index is 836. The van der Waals surface area contributed by atoms with Gasteiger partial charge >= 0.3 is 0 Å². The Morgan fingerprint density at radius 1 is 1.08 bits per heavy atom. The van der Waals surface area contributed by atoms with Crippen LogP contribution in [0.4, 0.5) is 11.4 Å². The lowest BCUT2D eigenvalue weighted by atomic mass is 10.2. The average molecular weight is 334 g/mol. The molecule has 6 heteroatoms. The Labute approximate surface area is 145 Å². The fourth-order valence-electron chi connectivity index (χ4n) is 2.25. The topological polar surface area (TPSA) is 76.1 Å². The van der Waals surface area contributed by atoms with E-state index in [1.165, 1.54) is 0 Å². The molecule has 0 aliphatic rings. The summed E-state index contributed by atoms with van der Waals surface area (Å²) in [5.41, 5.74) is 2.96. The second kappa shape index (κ2) is 7.92. The molecule has 0 saturated carbocycles. The standard InChI is InChI=1S/C19H18N4O2/c1-25-17-6-4-15(5-7-17)23-16-8-10-21-18(11-16)19(24)22-13-14-3-2-9-20-12-14/h2-12H,13H2,1H3,(H,21,23)(H,22,24). The minimum absolute atomic E-state index is 0.234. The van der Waals surface area contributed by atoms with Crippen LogP contribution in [0.5, 0.6) is 5.75 Å². The van der Waals surface area contributed by atoms with Gasteiger partial charge in [-0.05, 0) is 48.0 Å². The number of anilines is 2. The molecular formula is C19H18N4O2. The summed E-state index contributed by atoms with van der Waals surface area (Å²) in [5.74, 6) is 0.554. The number of nitrogens with zero attached hydrogens (tertiary/aromatic N) is 2. The number of hydrogen-bond donors (Lipinski definition) is 2. The molecule has 0 bridgehead atoms. The Balaban J connectivity index is 1.64. The fourth-order valence-corrected chi connectivity index (χ4v) is 2.25. The van der Waals surface area contributed by atoms with Crippen LogP contribution in [0, 0.1) is 0 Å². The van der Waals surface area contributed by atoms with Gasteiger partial charge in [-0.3, -0.25) is 14.8 Å². The minimum atomic E-state index is -0.234. The molecule has 3 aromatic rings. The van der Waals surface area contributed by atoms with Gasteiger partial charge in [0.05, 0.1) is 7.11 Å². The first kappa shape index (κ1) is 16.4. The van der Waals surface area contributed by atoms with Crippen molar-refractivity contribution < 1.29 is 9.53 Å². The molecule has 0 atom stereocenters. The summed E-state index contributed by atoms with van der Waals surface area (Å²) >= 11 is 0. The van der Waals surface area contributed by atoms with Gasteiger partial charge in [0.1, 0.15) is 11.4 Å². The molecule has 2 aromatic heterocycles. The Kier molecular flexibility index (Phi) is 5.21. The number of carbonyl (C=O) groups excluding carboxylic acids is 1.